The summed E-state index contributed by atoms with van der Waals surface area (Å²) in [6, 6.07) is 0. The first-order chi connectivity index (χ1) is 9.78. The van der Waals surface area contributed by atoms with E-state index in [-0.39, 0.29) is 0 Å². The highest BCUT2D eigenvalue weighted by Gasteiger charge is 2.23. The molecule has 3 N–H and O–H groups in total. The summed E-state index contributed by atoms with van der Waals surface area (Å²) in [5.41, 5.74) is 8.16. The molecule has 110 valence electrons. The molecule has 1 saturated heterocycles. The first-order valence-electron chi connectivity index (χ1n) is 7.86. The molecule has 1 aromatic heterocycles. The van der Waals surface area contributed by atoms with Crippen molar-refractivity contribution in [3.05, 3.63) is 11.3 Å². The SMILES string of the molecule is CC1CCN(c2nc3c(c(NCCN)n2)CCC3)CC1. The van der Waals surface area contributed by atoms with Crippen LogP contribution in [0.2, 0.25) is 0 Å². The van der Waals surface area contributed by atoms with E-state index in [1.54, 1.807) is 0 Å². The standard InChI is InChI=1S/C15H25N5/c1-11-5-9-20(10-6-11)15-18-13-4-2-3-12(13)14(19-15)17-8-7-16/h11H,2-10,16H2,1H3,(H,17,18,19). The van der Waals surface area contributed by atoms with Gasteiger partial charge in [0, 0.05) is 31.7 Å². The number of hydrogen-bond donors (Lipinski definition) is 2. The van der Waals surface area contributed by atoms with Crippen LogP contribution in [0, 0.1) is 5.92 Å². The van der Waals surface area contributed by atoms with Gasteiger partial charge in [0.05, 0.1) is 5.69 Å². The molecule has 20 heavy (non-hydrogen) atoms. The number of anilines is 2. The molecule has 5 nitrogen and oxygen atoms in total. The van der Waals surface area contributed by atoms with Gasteiger partial charge in [-0.3, -0.25) is 0 Å². The van der Waals surface area contributed by atoms with Gasteiger partial charge in [-0.15, -0.1) is 0 Å². The number of hydrogen-bond acceptors (Lipinski definition) is 5. The molecule has 0 bridgehead atoms. The molecule has 1 fully saturated rings. The Hall–Kier alpha value is -1.36. The first kappa shape index (κ1) is 13.6. The zero-order valence-corrected chi connectivity index (χ0v) is 12.4. The molecular weight excluding hydrogens is 250 g/mol. The number of aromatic nitrogens is 2. The molecule has 0 unspecified atom stereocenters. The summed E-state index contributed by atoms with van der Waals surface area (Å²) in [5.74, 6) is 2.76. The second-order valence-corrected chi connectivity index (χ2v) is 6.04. The molecule has 0 amide bonds. The Bertz CT molecular complexity index is 466. The quantitative estimate of drug-likeness (QED) is 0.873. The summed E-state index contributed by atoms with van der Waals surface area (Å²) < 4.78 is 0. The monoisotopic (exact) mass is 275 g/mol. The molecule has 2 heterocycles. The van der Waals surface area contributed by atoms with Crippen LogP contribution < -0.4 is 16.0 Å². The van der Waals surface area contributed by atoms with E-state index in [2.05, 4.69) is 17.1 Å². The van der Waals surface area contributed by atoms with Gasteiger partial charge in [-0.05, 0) is 38.0 Å². The fourth-order valence-electron chi connectivity index (χ4n) is 3.11. The lowest BCUT2D eigenvalue weighted by Gasteiger charge is -2.30. The highest BCUT2D eigenvalue weighted by molar-refractivity contribution is 5.53. The van der Waals surface area contributed by atoms with Gasteiger partial charge in [-0.2, -0.15) is 4.98 Å². The lowest BCUT2D eigenvalue weighted by molar-refractivity contribution is 0.434. The maximum atomic E-state index is 5.60. The van der Waals surface area contributed by atoms with Gasteiger partial charge >= 0.3 is 0 Å². The number of nitrogens with one attached hydrogen (secondary N) is 1. The van der Waals surface area contributed by atoms with Crippen LogP contribution in [-0.4, -0.2) is 36.1 Å². The van der Waals surface area contributed by atoms with E-state index in [1.165, 1.54) is 30.5 Å². The Morgan fingerprint density at radius 2 is 2.05 bits per heavy atom. The van der Waals surface area contributed by atoms with Gasteiger partial charge in [0.25, 0.3) is 0 Å². The minimum Gasteiger partial charge on any atom is -0.368 e. The highest BCUT2D eigenvalue weighted by atomic mass is 15.3. The first-order valence-corrected chi connectivity index (χ1v) is 7.86. The second-order valence-electron chi connectivity index (χ2n) is 6.04. The molecule has 0 radical (unpaired) electrons. The van der Waals surface area contributed by atoms with E-state index in [9.17, 15) is 0 Å². The van der Waals surface area contributed by atoms with Crippen LogP contribution in [0.25, 0.3) is 0 Å². The van der Waals surface area contributed by atoms with Crippen LogP contribution >= 0.6 is 0 Å². The van der Waals surface area contributed by atoms with Crippen molar-refractivity contribution in [3.8, 4) is 0 Å². The van der Waals surface area contributed by atoms with Gasteiger partial charge in [-0.1, -0.05) is 6.92 Å². The maximum Gasteiger partial charge on any atom is 0.227 e. The number of nitrogens with two attached hydrogens (primary N) is 1. The van der Waals surface area contributed by atoms with Crippen LogP contribution in [0.5, 0.6) is 0 Å². The summed E-state index contributed by atoms with van der Waals surface area (Å²) in [7, 11) is 0. The van der Waals surface area contributed by atoms with Gasteiger partial charge in [0.1, 0.15) is 5.82 Å². The minimum absolute atomic E-state index is 0.634. The van der Waals surface area contributed by atoms with E-state index in [0.29, 0.717) is 6.54 Å². The van der Waals surface area contributed by atoms with Gasteiger partial charge in [0.15, 0.2) is 0 Å². The molecule has 1 aromatic rings. The van der Waals surface area contributed by atoms with Crippen LogP contribution in [0.4, 0.5) is 11.8 Å². The van der Waals surface area contributed by atoms with Gasteiger partial charge in [-0.25, -0.2) is 4.98 Å². The number of nitrogens with zero attached hydrogens (tertiary/aromatic N) is 3. The number of fused-ring (bicyclic) bond motifs is 1. The lowest BCUT2D eigenvalue weighted by atomic mass is 10.00. The van der Waals surface area contributed by atoms with Crippen molar-refractivity contribution in [2.75, 3.05) is 36.4 Å². The van der Waals surface area contributed by atoms with Crippen molar-refractivity contribution in [2.24, 2.45) is 11.7 Å². The molecule has 1 aliphatic heterocycles. The lowest BCUT2D eigenvalue weighted by Crippen LogP contribution is -2.34. The predicted octanol–water partition coefficient (Wildman–Crippen LogP) is 1.57. The second kappa shape index (κ2) is 5.95. The smallest absolute Gasteiger partial charge is 0.227 e. The van der Waals surface area contributed by atoms with Crippen molar-refractivity contribution in [2.45, 2.75) is 39.0 Å². The fraction of sp³-hybridized carbons (Fsp3) is 0.733. The highest BCUT2D eigenvalue weighted by Crippen LogP contribution is 2.29. The summed E-state index contributed by atoms with van der Waals surface area (Å²) >= 11 is 0. The van der Waals surface area contributed by atoms with Crippen molar-refractivity contribution < 1.29 is 0 Å². The van der Waals surface area contributed by atoms with E-state index in [0.717, 1.165) is 50.2 Å². The number of aryl methyl sites for hydroxylation is 1. The summed E-state index contributed by atoms with van der Waals surface area (Å²) in [4.78, 5) is 11.9. The van der Waals surface area contributed by atoms with Crippen LogP contribution in [0.3, 0.4) is 0 Å². The van der Waals surface area contributed by atoms with Crippen molar-refractivity contribution in [1.82, 2.24) is 9.97 Å². The van der Waals surface area contributed by atoms with Crippen LogP contribution in [-0.2, 0) is 12.8 Å². The Kier molecular flexibility index (Phi) is 4.05. The summed E-state index contributed by atoms with van der Waals surface area (Å²) in [6.07, 6.45) is 5.87. The van der Waals surface area contributed by atoms with E-state index in [4.69, 9.17) is 15.7 Å². The fourth-order valence-corrected chi connectivity index (χ4v) is 3.11. The zero-order chi connectivity index (χ0) is 13.9. The van der Waals surface area contributed by atoms with E-state index >= 15 is 0 Å². The third-order valence-electron chi connectivity index (χ3n) is 4.42. The van der Waals surface area contributed by atoms with E-state index in [1.807, 2.05) is 0 Å². The molecule has 5 heteroatoms. The molecule has 0 atom stereocenters. The molecule has 0 spiro atoms. The minimum atomic E-state index is 0.634. The molecule has 3 rings (SSSR count). The maximum absolute atomic E-state index is 5.60. The third-order valence-corrected chi connectivity index (χ3v) is 4.42. The summed E-state index contributed by atoms with van der Waals surface area (Å²) in [6.45, 7) is 5.90. The topological polar surface area (TPSA) is 67.1 Å². The largest absolute Gasteiger partial charge is 0.368 e. The molecule has 0 aromatic carbocycles. The average molecular weight is 275 g/mol. The van der Waals surface area contributed by atoms with Crippen LogP contribution in [0.1, 0.15) is 37.4 Å². The van der Waals surface area contributed by atoms with Crippen molar-refractivity contribution in [3.63, 3.8) is 0 Å². The predicted molar refractivity (Wildman–Crippen MR) is 82.2 cm³/mol. The van der Waals surface area contributed by atoms with Gasteiger partial charge in [0.2, 0.25) is 5.95 Å². The number of piperidine rings is 1. The Labute approximate surface area is 121 Å². The van der Waals surface area contributed by atoms with E-state index < -0.39 is 0 Å². The zero-order valence-electron chi connectivity index (χ0n) is 12.4. The average Bonchev–Trinajstić information content (AvgIpc) is 2.94. The Morgan fingerprint density at radius 3 is 2.80 bits per heavy atom. The molecular formula is C15H25N5. The number of rotatable bonds is 4. The van der Waals surface area contributed by atoms with Crippen LogP contribution in [0.15, 0.2) is 0 Å². The Balaban J connectivity index is 1.84. The molecule has 0 saturated carbocycles. The third kappa shape index (κ3) is 2.73. The normalized spacial score (nSPS) is 19.2. The Morgan fingerprint density at radius 1 is 1.25 bits per heavy atom. The van der Waals surface area contributed by atoms with Crippen molar-refractivity contribution >= 4 is 11.8 Å². The molecule has 1 aliphatic carbocycles. The van der Waals surface area contributed by atoms with Gasteiger partial charge < -0.3 is 16.0 Å². The van der Waals surface area contributed by atoms with Crippen molar-refractivity contribution in [1.29, 1.82) is 0 Å². The molecule has 2 aliphatic rings. The summed E-state index contributed by atoms with van der Waals surface area (Å²) in [5, 5.41) is 3.38.